The number of pyridine rings is 4. The summed E-state index contributed by atoms with van der Waals surface area (Å²) in [7, 11) is 0. The molecule has 0 saturated carbocycles. The number of rotatable bonds is 0. The predicted molar refractivity (Wildman–Crippen MR) is 395 cm³/mol. The molecule has 0 spiro atoms. The van der Waals surface area contributed by atoms with Crippen molar-refractivity contribution in [3.8, 4) is 0 Å². The lowest BCUT2D eigenvalue weighted by Crippen LogP contribution is -1.86. The van der Waals surface area contributed by atoms with E-state index in [-0.39, 0.29) is 0 Å². The first-order valence-corrected chi connectivity index (χ1v) is 32.5. The van der Waals surface area contributed by atoms with Crippen LogP contribution in [0, 0.1) is 125 Å². The average molecular weight is 1240 g/mol. The Labute approximate surface area is 553 Å². The van der Waals surface area contributed by atoms with Gasteiger partial charge in [0.2, 0.25) is 0 Å². The molecular weight excluding hydrogens is 1110 g/mol. The van der Waals surface area contributed by atoms with Gasteiger partial charge in [0.1, 0.15) is 18.0 Å². The summed E-state index contributed by atoms with van der Waals surface area (Å²) in [6.45, 7) is 71.6. The molecule has 0 unspecified atom stereocenters. The summed E-state index contributed by atoms with van der Waals surface area (Å²) in [6, 6.07) is 23.9. The van der Waals surface area contributed by atoms with E-state index in [9.17, 15) is 0 Å². The maximum absolute atomic E-state index is 4.17. The molecule has 90 heavy (non-hydrogen) atoms. The lowest BCUT2D eigenvalue weighted by molar-refractivity contribution is 0.966. The van der Waals surface area contributed by atoms with Crippen molar-refractivity contribution in [2.75, 3.05) is 0 Å². The molecule has 9 heterocycles. The molecule has 9 aromatic heterocycles. The molecule has 0 bridgehead atoms. The number of nitrogens with zero attached hydrogens (tertiary/aromatic N) is 14. The fourth-order valence-corrected chi connectivity index (χ4v) is 5.69. The second kappa shape index (κ2) is 77.1. The molecule has 0 saturated heterocycles. The predicted octanol–water partition coefficient (Wildman–Crippen LogP) is 21.5. The molecule has 0 aliphatic heterocycles. The quantitative estimate of drug-likeness (QED) is 0.140. The van der Waals surface area contributed by atoms with Gasteiger partial charge in [0, 0.05) is 95.1 Å². The molecule has 0 fully saturated rings. The minimum atomic E-state index is 0.838. The van der Waals surface area contributed by atoms with Crippen molar-refractivity contribution in [3.05, 3.63) is 237 Å². The summed E-state index contributed by atoms with van der Waals surface area (Å²) in [4.78, 5) is 48.1. The van der Waals surface area contributed by atoms with Crippen LogP contribution in [-0.2, 0) is 0 Å². The molecule has 0 aliphatic carbocycles. The van der Waals surface area contributed by atoms with Gasteiger partial charge in [-0.15, -0.1) is 0 Å². The summed E-state index contributed by atoms with van der Waals surface area (Å²) < 4.78 is 0. The number of hydrogen-bond donors (Lipinski definition) is 0. The summed E-state index contributed by atoms with van der Waals surface area (Å²) in [5, 5.41) is 7.52. The third kappa shape index (κ3) is 74.3. The fourth-order valence-electron chi connectivity index (χ4n) is 5.69. The first-order chi connectivity index (χ1) is 43.1. The highest BCUT2D eigenvalue weighted by Crippen LogP contribution is 1.99. The Hall–Kier alpha value is -8.00. The Balaban J connectivity index is -0.000000113. The summed E-state index contributed by atoms with van der Waals surface area (Å²) in [5.74, 6) is 1.68. The Kier molecular flexibility index (Phi) is 86.5. The monoisotopic (exact) mass is 1240 g/mol. The second-order valence-electron chi connectivity index (χ2n) is 16.9. The minimum absolute atomic E-state index is 0.838. The van der Waals surface area contributed by atoms with Gasteiger partial charge in [0.25, 0.3) is 0 Å². The number of aromatic nitrogens is 14. The van der Waals surface area contributed by atoms with Crippen molar-refractivity contribution in [2.45, 2.75) is 249 Å². The number of hydrogen-bond acceptors (Lipinski definition) is 14. The maximum atomic E-state index is 4.17. The Morgan fingerprint density at radius 1 is 0.222 bits per heavy atom. The first kappa shape index (κ1) is 101. The van der Waals surface area contributed by atoms with Crippen LogP contribution in [0.3, 0.4) is 0 Å². The molecule has 0 amide bonds. The van der Waals surface area contributed by atoms with Crippen molar-refractivity contribution >= 4 is 0 Å². The van der Waals surface area contributed by atoms with Gasteiger partial charge in [0.05, 0.1) is 23.3 Å². The highest BCUT2D eigenvalue weighted by Gasteiger charge is 1.89. The molecular formula is C76H130N14. The molecule has 14 nitrogen and oxygen atoms in total. The van der Waals surface area contributed by atoms with E-state index in [1.165, 1.54) is 22.3 Å². The largest absolute Gasteiger partial charge is 0.264 e. The zero-order valence-corrected chi connectivity index (χ0v) is 64.0. The van der Waals surface area contributed by atoms with E-state index in [2.05, 4.69) is 102 Å². The Morgan fingerprint density at radius 3 is 0.711 bits per heavy atom. The van der Waals surface area contributed by atoms with E-state index in [0.717, 1.165) is 79.8 Å². The van der Waals surface area contributed by atoms with E-state index in [0.29, 0.717) is 0 Å². The average Bonchev–Trinajstić information content (AvgIpc) is 3.52. The van der Waals surface area contributed by atoms with Gasteiger partial charge >= 0.3 is 0 Å². The van der Waals surface area contributed by atoms with E-state index in [4.69, 9.17) is 0 Å². The van der Waals surface area contributed by atoms with Crippen LogP contribution in [0.5, 0.6) is 0 Å². The van der Waals surface area contributed by atoms with Crippen molar-refractivity contribution in [3.63, 3.8) is 0 Å². The van der Waals surface area contributed by atoms with E-state index in [1.54, 1.807) is 37.3 Å². The Morgan fingerprint density at radius 2 is 0.522 bits per heavy atom. The third-order valence-electron chi connectivity index (χ3n) is 8.70. The van der Waals surface area contributed by atoms with Crippen LogP contribution in [0.2, 0.25) is 0 Å². The molecule has 0 N–H and O–H groups in total. The third-order valence-corrected chi connectivity index (χ3v) is 8.70. The standard InChI is InChI=1S/4C7H9N.5C6H8N2.9C2H6/c1-6-3-7(2)5-8-4-6;2*1-6-3-4-8-7(2)5-6;1-6-4-3-5-7(2)8-6;1-5-3-7-4-6(2)8-5;1-5-3-6(2)8-4-7-5;1-5-3-6(2)8-7-4-5;2*1-5-3-4-7-6(2)8-5;9*1-2/h4*3-5H,1-2H3;5*3-4H,1-2H3;9*1-2H3. The van der Waals surface area contributed by atoms with Crippen LogP contribution < -0.4 is 0 Å². The smallest absolute Gasteiger partial charge is 0.125 e. The topological polar surface area (TPSA) is 180 Å². The van der Waals surface area contributed by atoms with Crippen molar-refractivity contribution < 1.29 is 0 Å². The normalized spacial score (nSPS) is 8.00. The molecule has 9 rings (SSSR count). The van der Waals surface area contributed by atoms with Gasteiger partial charge < -0.3 is 0 Å². The lowest BCUT2D eigenvalue weighted by Gasteiger charge is -1.90. The fraction of sp³-hybridized carbons (Fsp3) is 0.474. The molecule has 14 heteroatoms. The summed E-state index contributed by atoms with van der Waals surface area (Å²) >= 11 is 0. The summed E-state index contributed by atoms with van der Waals surface area (Å²) in [6.07, 6.45) is 17.7. The van der Waals surface area contributed by atoms with E-state index in [1.807, 2.05) is 315 Å². The summed E-state index contributed by atoms with van der Waals surface area (Å²) in [5.41, 5.74) is 17.6. The highest BCUT2D eigenvalue weighted by atomic mass is 15.1. The van der Waals surface area contributed by atoms with Crippen LogP contribution in [0.1, 0.15) is 227 Å². The van der Waals surface area contributed by atoms with Crippen LogP contribution in [0.4, 0.5) is 0 Å². The van der Waals surface area contributed by atoms with Gasteiger partial charge in [0.15, 0.2) is 0 Å². The van der Waals surface area contributed by atoms with Gasteiger partial charge in [-0.05, 0) is 213 Å². The molecule has 0 radical (unpaired) electrons. The SMILES string of the molecule is CC.CC.CC.CC.CC.CC.CC.CC.CC.Cc1cc(C)ncn1.Cc1cccc(C)n1.Cc1ccnc(C)c1.Cc1ccnc(C)c1.Cc1ccnc(C)n1.Cc1ccnc(C)n1.Cc1cncc(C)c1.Cc1cncc(C)n1.Cc1cnnc(C)c1. The molecule has 0 aromatic carbocycles. The van der Waals surface area contributed by atoms with Crippen LogP contribution in [-0.4, -0.2) is 70.0 Å². The molecule has 9 aromatic rings. The zero-order valence-electron chi connectivity index (χ0n) is 64.0. The van der Waals surface area contributed by atoms with Crippen molar-refractivity contribution in [1.29, 1.82) is 0 Å². The molecule has 0 atom stereocenters. The molecule has 504 valence electrons. The van der Waals surface area contributed by atoms with Gasteiger partial charge in [-0.2, -0.15) is 10.2 Å². The van der Waals surface area contributed by atoms with Crippen LogP contribution >= 0.6 is 0 Å². The van der Waals surface area contributed by atoms with Gasteiger partial charge in [-0.1, -0.05) is 137 Å². The Bertz CT molecular complexity index is 2120. The van der Waals surface area contributed by atoms with E-state index < -0.39 is 0 Å². The van der Waals surface area contributed by atoms with Crippen LogP contribution in [0.15, 0.2) is 135 Å². The highest BCUT2D eigenvalue weighted by molar-refractivity contribution is 5.15. The van der Waals surface area contributed by atoms with Gasteiger partial charge in [-0.3, -0.25) is 29.9 Å². The van der Waals surface area contributed by atoms with E-state index >= 15 is 0 Å². The van der Waals surface area contributed by atoms with Crippen LogP contribution in [0.25, 0.3) is 0 Å². The van der Waals surface area contributed by atoms with Gasteiger partial charge in [-0.25, -0.2) is 29.9 Å². The van der Waals surface area contributed by atoms with Crippen molar-refractivity contribution in [1.82, 2.24) is 70.0 Å². The maximum Gasteiger partial charge on any atom is 0.125 e. The molecule has 0 aliphatic rings. The minimum Gasteiger partial charge on any atom is -0.264 e. The zero-order chi connectivity index (χ0) is 71.8. The first-order valence-electron chi connectivity index (χ1n) is 32.5. The van der Waals surface area contributed by atoms with Crippen molar-refractivity contribution in [2.24, 2.45) is 0 Å². The lowest BCUT2D eigenvalue weighted by atomic mass is 10.2. The second-order valence-corrected chi connectivity index (χ2v) is 16.9. The number of aryl methyl sites for hydroxylation is 18.